The van der Waals surface area contributed by atoms with Crippen molar-refractivity contribution in [2.75, 3.05) is 13.9 Å². The molecule has 0 aromatic heterocycles. The van der Waals surface area contributed by atoms with E-state index < -0.39 is 0 Å². The van der Waals surface area contributed by atoms with Crippen LogP contribution >= 0.6 is 0 Å². The third-order valence-corrected chi connectivity index (χ3v) is 4.30. The van der Waals surface area contributed by atoms with Crippen LogP contribution in [0.15, 0.2) is 78.5 Å². The second-order valence-corrected chi connectivity index (χ2v) is 6.13. The average molecular weight is 336 g/mol. The summed E-state index contributed by atoms with van der Waals surface area (Å²) in [6, 6.07) is 21.1. The van der Waals surface area contributed by atoms with Gasteiger partial charge in [-0.3, -0.25) is 0 Å². The van der Waals surface area contributed by atoms with E-state index in [2.05, 4.69) is 66.9 Å². The van der Waals surface area contributed by atoms with Gasteiger partial charge in [0.05, 0.1) is 6.10 Å². The van der Waals surface area contributed by atoms with Gasteiger partial charge in [0, 0.05) is 7.11 Å². The highest BCUT2D eigenvalue weighted by molar-refractivity contribution is 5.17. The third kappa shape index (κ3) is 7.11. The molecule has 1 unspecified atom stereocenters. The van der Waals surface area contributed by atoms with Gasteiger partial charge in [0.1, 0.15) is 6.79 Å². The Morgan fingerprint density at radius 1 is 0.960 bits per heavy atom. The van der Waals surface area contributed by atoms with E-state index in [-0.39, 0.29) is 6.10 Å². The molecule has 25 heavy (non-hydrogen) atoms. The molecular formula is C23H28O2. The molecule has 2 heteroatoms. The molecule has 0 amide bonds. The second kappa shape index (κ2) is 11.4. The summed E-state index contributed by atoms with van der Waals surface area (Å²) >= 11 is 0. The maximum Gasteiger partial charge on any atom is 0.147 e. The number of hydrogen-bond donors (Lipinski definition) is 0. The molecule has 0 N–H and O–H groups in total. The number of hydrogen-bond acceptors (Lipinski definition) is 2. The molecule has 0 aliphatic heterocycles. The molecule has 0 saturated carbocycles. The largest absolute Gasteiger partial charge is 0.359 e. The van der Waals surface area contributed by atoms with Crippen LogP contribution in [0.5, 0.6) is 0 Å². The highest BCUT2D eigenvalue weighted by Crippen LogP contribution is 2.19. The summed E-state index contributed by atoms with van der Waals surface area (Å²) < 4.78 is 11.0. The monoisotopic (exact) mass is 336 g/mol. The zero-order valence-electron chi connectivity index (χ0n) is 15.1. The summed E-state index contributed by atoms with van der Waals surface area (Å²) in [6.07, 6.45) is 4.97. The summed E-state index contributed by atoms with van der Waals surface area (Å²) in [7, 11) is 1.65. The number of rotatable bonds is 11. The van der Waals surface area contributed by atoms with Crippen molar-refractivity contribution in [2.45, 2.75) is 38.2 Å². The van der Waals surface area contributed by atoms with Crippen LogP contribution in [0.1, 0.15) is 30.4 Å². The maximum absolute atomic E-state index is 5.91. The molecular weight excluding hydrogens is 308 g/mol. The predicted octanol–water partition coefficient (Wildman–Crippen LogP) is 5.34. The van der Waals surface area contributed by atoms with Gasteiger partial charge in [0.2, 0.25) is 0 Å². The molecule has 0 radical (unpaired) electrons. The Morgan fingerprint density at radius 3 is 2.12 bits per heavy atom. The number of ether oxygens (including phenoxy) is 2. The van der Waals surface area contributed by atoms with Gasteiger partial charge in [0.15, 0.2) is 0 Å². The summed E-state index contributed by atoms with van der Waals surface area (Å²) in [5.74, 6) is 0. The van der Waals surface area contributed by atoms with Crippen LogP contribution in [0.25, 0.3) is 0 Å². The quantitative estimate of drug-likeness (QED) is 0.407. The zero-order valence-corrected chi connectivity index (χ0v) is 15.1. The van der Waals surface area contributed by atoms with E-state index in [4.69, 9.17) is 9.47 Å². The van der Waals surface area contributed by atoms with E-state index in [1.807, 2.05) is 6.07 Å². The Hall–Kier alpha value is -2.12. The molecule has 132 valence electrons. The smallest absolute Gasteiger partial charge is 0.147 e. The van der Waals surface area contributed by atoms with Gasteiger partial charge in [-0.2, -0.15) is 0 Å². The Morgan fingerprint density at radius 2 is 1.56 bits per heavy atom. The lowest BCUT2D eigenvalue weighted by Gasteiger charge is -2.19. The van der Waals surface area contributed by atoms with E-state index in [9.17, 15) is 0 Å². The van der Waals surface area contributed by atoms with E-state index >= 15 is 0 Å². The lowest BCUT2D eigenvalue weighted by Crippen LogP contribution is -2.18. The number of aryl methyl sites for hydroxylation is 2. The highest BCUT2D eigenvalue weighted by Gasteiger charge is 2.15. The topological polar surface area (TPSA) is 18.5 Å². The molecule has 1 atom stereocenters. The zero-order chi connectivity index (χ0) is 17.7. The first-order chi connectivity index (χ1) is 12.3. The van der Waals surface area contributed by atoms with Crippen LogP contribution in [-0.4, -0.2) is 20.0 Å². The average Bonchev–Trinajstić information content (AvgIpc) is 2.67. The van der Waals surface area contributed by atoms with Crippen molar-refractivity contribution in [2.24, 2.45) is 0 Å². The molecule has 2 nitrogen and oxygen atoms in total. The second-order valence-electron chi connectivity index (χ2n) is 6.13. The fraction of sp³-hybridized carbons (Fsp3) is 0.348. The van der Waals surface area contributed by atoms with Gasteiger partial charge >= 0.3 is 0 Å². The minimum atomic E-state index is 0.00781. The van der Waals surface area contributed by atoms with Gasteiger partial charge in [-0.25, -0.2) is 0 Å². The maximum atomic E-state index is 5.91. The normalized spacial score (nSPS) is 11.7. The molecule has 0 spiro atoms. The molecule has 2 rings (SSSR count). The van der Waals surface area contributed by atoms with Gasteiger partial charge < -0.3 is 9.47 Å². The molecule has 0 heterocycles. The van der Waals surface area contributed by atoms with Crippen molar-refractivity contribution < 1.29 is 9.47 Å². The van der Waals surface area contributed by atoms with Crippen LogP contribution in [0, 0.1) is 0 Å². The molecule has 0 bridgehead atoms. The molecule has 0 aliphatic carbocycles. The van der Waals surface area contributed by atoms with Crippen molar-refractivity contribution in [3.05, 3.63) is 89.7 Å². The van der Waals surface area contributed by atoms with E-state index in [1.165, 1.54) is 11.1 Å². The van der Waals surface area contributed by atoms with Crippen LogP contribution in [0.3, 0.4) is 0 Å². The van der Waals surface area contributed by atoms with Crippen molar-refractivity contribution in [3.8, 4) is 0 Å². The first-order valence-corrected chi connectivity index (χ1v) is 8.90. The standard InChI is InChI=1S/C23H28O2/c1-3-22(16-10-15-20-11-6-4-7-12-20)23(25-19-24-2)18-17-21-13-8-5-9-14-21/h4-9,11-14,23H,1,10,15-19H2,2H3. The molecule has 0 saturated heterocycles. The molecule has 0 aliphatic rings. The van der Waals surface area contributed by atoms with Crippen LogP contribution < -0.4 is 0 Å². The van der Waals surface area contributed by atoms with Crippen molar-refractivity contribution in [3.63, 3.8) is 0 Å². The lowest BCUT2D eigenvalue weighted by molar-refractivity contribution is -0.0619. The summed E-state index contributed by atoms with van der Waals surface area (Å²) in [4.78, 5) is 0. The summed E-state index contributed by atoms with van der Waals surface area (Å²) in [6.45, 7) is 4.18. The molecule has 0 fully saturated rings. The van der Waals surface area contributed by atoms with Gasteiger partial charge in [0.25, 0.3) is 0 Å². The summed E-state index contributed by atoms with van der Waals surface area (Å²) in [5.41, 5.74) is 6.95. The Labute approximate surface area is 151 Å². The third-order valence-electron chi connectivity index (χ3n) is 4.30. The molecule has 2 aromatic carbocycles. The van der Waals surface area contributed by atoms with Gasteiger partial charge in [-0.05, 0) is 48.8 Å². The Kier molecular flexibility index (Phi) is 8.79. The van der Waals surface area contributed by atoms with Crippen molar-refractivity contribution in [1.29, 1.82) is 0 Å². The van der Waals surface area contributed by atoms with Crippen LogP contribution in [0.4, 0.5) is 0 Å². The SMILES string of the molecule is C=C=C(CCCc1ccccc1)C(CCc1ccccc1)OCOC. The van der Waals surface area contributed by atoms with Gasteiger partial charge in [-0.1, -0.05) is 67.2 Å². The minimum Gasteiger partial charge on any atom is -0.359 e. The first kappa shape index (κ1) is 19.2. The number of benzene rings is 2. The fourth-order valence-electron chi connectivity index (χ4n) is 2.94. The minimum absolute atomic E-state index is 0.00781. The van der Waals surface area contributed by atoms with Crippen molar-refractivity contribution >= 4 is 0 Å². The predicted molar refractivity (Wildman–Crippen MR) is 104 cm³/mol. The van der Waals surface area contributed by atoms with Gasteiger partial charge in [-0.15, -0.1) is 5.73 Å². The molecule has 2 aromatic rings. The summed E-state index contributed by atoms with van der Waals surface area (Å²) in [5, 5.41) is 0. The van der Waals surface area contributed by atoms with Crippen LogP contribution in [0.2, 0.25) is 0 Å². The van der Waals surface area contributed by atoms with Crippen LogP contribution in [-0.2, 0) is 22.3 Å². The van der Waals surface area contributed by atoms with E-state index in [0.717, 1.165) is 37.7 Å². The number of methoxy groups -OCH3 is 1. The lowest BCUT2D eigenvalue weighted by atomic mass is 9.97. The Balaban J connectivity index is 1.89. The Bertz CT molecular complexity index is 642. The van der Waals surface area contributed by atoms with E-state index in [1.54, 1.807) is 7.11 Å². The first-order valence-electron chi connectivity index (χ1n) is 8.90. The highest BCUT2D eigenvalue weighted by atomic mass is 16.7. The van der Waals surface area contributed by atoms with E-state index in [0.29, 0.717) is 6.79 Å². The fourth-order valence-corrected chi connectivity index (χ4v) is 2.94. The van der Waals surface area contributed by atoms with Crippen molar-refractivity contribution in [1.82, 2.24) is 0 Å².